The summed E-state index contributed by atoms with van der Waals surface area (Å²) in [5.74, 6) is 1.90. The molecular formula is C38H44N10O5S. The molecule has 4 aliphatic heterocycles. The van der Waals surface area contributed by atoms with E-state index in [1.807, 2.05) is 31.3 Å². The zero-order valence-electron chi connectivity index (χ0n) is 30.5. The molecule has 282 valence electrons. The molecule has 1 aliphatic carbocycles. The number of nitrogens with one attached hydrogen (secondary N) is 2. The minimum atomic E-state index is -3.66. The molecule has 5 aliphatic rings. The van der Waals surface area contributed by atoms with E-state index in [1.54, 1.807) is 33.2 Å². The predicted octanol–water partition coefficient (Wildman–Crippen LogP) is 3.46. The van der Waals surface area contributed by atoms with Crippen molar-refractivity contribution in [1.29, 1.82) is 0 Å². The first-order chi connectivity index (χ1) is 26.0. The van der Waals surface area contributed by atoms with Gasteiger partial charge in [-0.1, -0.05) is 18.2 Å². The first-order valence-corrected chi connectivity index (χ1v) is 20.3. The molecule has 0 unspecified atom stereocenters. The van der Waals surface area contributed by atoms with Crippen molar-refractivity contribution < 1.29 is 22.8 Å². The van der Waals surface area contributed by atoms with Gasteiger partial charge in [-0.2, -0.15) is 14.4 Å². The van der Waals surface area contributed by atoms with Gasteiger partial charge in [-0.15, -0.1) is 0 Å². The van der Waals surface area contributed by atoms with Gasteiger partial charge in [0.2, 0.25) is 27.8 Å². The van der Waals surface area contributed by atoms with E-state index in [0.717, 1.165) is 60.8 Å². The molecule has 4 aromatic rings. The fourth-order valence-electron chi connectivity index (χ4n) is 8.71. The Morgan fingerprint density at radius 2 is 1.70 bits per heavy atom. The number of aromatic nitrogens is 4. The molecule has 0 atom stereocenters. The Morgan fingerprint density at radius 1 is 0.926 bits per heavy atom. The molecule has 6 heterocycles. The number of piperidine rings is 2. The van der Waals surface area contributed by atoms with Crippen molar-refractivity contribution in [3.05, 3.63) is 65.4 Å². The molecule has 9 rings (SSSR count). The van der Waals surface area contributed by atoms with Crippen molar-refractivity contribution >= 4 is 56.4 Å². The van der Waals surface area contributed by atoms with Crippen molar-refractivity contribution in [3.63, 3.8) is 0 Å². The minimum absolute atomic E-state index is 0.0282. The van der Waals surface area contributed by atoms with Gasteiger partial charge in [0, 0.05) is 69.9 Å². The summed E-state index contributed by atoms with van der Waals surface area (Å²) < 4.78 is 30.9. The highest BCUT2D eigenvalue weighted by atomic mass is 32.2. The number of likely N-dealkylation sites (N-methyl/N-ethyl adjacent to an activating group) is 1. The lowest BCUT2D eigenvalue weighted by atomic mass is 9.89. The highest BCUT2D eigenvalue weighted by Crippen LogP contribution is 2.56. The summed E-state index contributed by atoms with van der Waals surface area (Å²) in [6, 6.07) is 13.3. The first-order valence-electron chi connectivity index (χ1n) is 18.8. The number of likely N-dealkylation sites (tertiary alicyclic amines) is 1. The lowest BCUT2D eigenvalue weighted by molar-refractivity contribution is -0.120. The third-order valence-corrected chi connectivity index (χ3v) is 13.9. The highest BCUT2D eigenvalue weighted by molar-refractivity contribution is 7.89. The van der Waals surface area contributed by atoms with Gasteiger partial charge in [0.25, 0.3) is 0 Å². The summed E-state index contributed by atoms with van der Waals surface area (Å²) in [6.45, 7) is 3.55. The van der Waals surface area contributed by atoms with Crippen LogP contribution in [-0.2, 0) is 38.6 Å². The van der Waals surface area contributed by atoms with Gasteiger partial charge < -0.3 is 5.32 Å². The Labute approximate surface area is 313 Å². The zero-order chi connectivity index (χ0) is 37.4. The number of amides is 4. The van der Waals surface area contributed by atoms with Crippen molar-refractivity contribution in [1.82, 2.24) is 34.3 Å². The molecule has 4 fully saturated rings. The quantitative estimate of drug-likeness (QED) is 0.272. The van der Waals surface area contributed by atoms with E-state index in [4.69, 9.17) is 0 Å². The van der Waals surface area contributed by atoms with Gasteiger partial charge in [-0.25, -0.2) is 18.2 Å². The number of carbonyl (C=O) groups excluding carboxylic acids is 3. The summed E-state index contributed by atoms with van der Waals surface area (Å²) in [6.07, 6.45) is 6.91. The molecule has 15 nitrogen and oxygen atoms in total. The van der Waals surface area contributed by atoms with Crippen LogP contribution in [0.15, 0.2) is 53.6 Å². The number of hydrogen-bond donors (Lipinski definition) is 2. The maximum Gasteiger partial charge on any atom is 0.329 e. The van der Waals surface area contributed by atoms with E-state index in [0.29, 0.717) is 67.4 Å². The lowest BCUT2D eigenvalue weighted by Gasteiger charge is -2.33. The van der Waals surface area contributed by atoms with Crippen LogP contribution < -0.4 is 20.4 Å². The summed E-state index contributed by atoms with van der Waals surface area (Å²) >= 11 is 0. The van der Waals surface area contributed by atoms with E-state index >= 15 is 0 Å². The smallest absolute Gasteiger partial charge is 0.329 e. The van der Waals surface area contributed by atoms with Gasteiger partial charge in [-0.3, -0.25) is 34.3 Å². The molecule has 2 aromatic heterocycles. The molecule has 2 aromatic carbocycles. The number of hydrogen-bond acceptors (Lipinski definition) is 10. The molecule has 3 saturated heterocycles. The van der Waals surface area contributed by atoms with Crippen molar-refractivity contribution in [2.24, 2.45) is 7.05 Å². The molecule has 2 N–H and O–H groups in total. The number of urea groups is 1. The largest absolute Gasteiger partial charge is 0.351 e. The monoisotopic (exact) mass is 752 g/mol. The van der Waals surface area contributed by atoms with Gasteiger partial charge >= 0.3 is 6.03 Å². The third-order valence-electron chi connectivity index (χ3n) is 12.0. The summed E-state index contributed by atoms with van der Waals surface area (Å²) in [5, 5.41) is 11.3. The first kappa shape index (κ1) is 34.8. The van der Waals surface area contributed by atoms with Crippen LogP contribution in [0.1, 0.15) is 67.6 Å². The number of aryl methyl sites for hydroxylation is 1. The fourth-order valence-corrected chi connectivity index (χ4v) is 10.3. The van der Waals surface area contributed by atoms with Crippen molar-refractivity contribution in [2.75, 3.05) is 54.9 Å². The highest BCUT2D eigenvalue weighted by Gasteiger charge is 2.59. The summed E-state index contributed by atoms with van der Waals surface area (Å²) in [5.41, 5.74) is 3.65. The van der Waals surface area contributed by atoms with E-state index in [9.17, 15) is 22.8 Å². The Balaban J connectivity index is 0.793. The molecule has 1 spiro atoms. The SMILES string of the molecule is CN1C(=O)C2(CC2)c2cnc(NC3CCN(S(=O)(=O)c4cccc(CN5CCC(c6ccc7c(N8CCC(=O)NC8=O)nn(C)c7c6)CC5)c4)CC3)nc21. The average Bonchev–Trinajstić information content (AvgIpc) is 3.88. The van der Waals surface area contributed by atoms with Gasteiger partial charge in [-0.05, 0) is 92.9 Å². The minimum Gasteiger partial charge on any atom is -0.351 e. The maximum absolute atomic E-state index is 13.8. The topological polar surface area (TPSA) is 166 Å². The van der Waals surface area contributed by atoms with E-state index in [2.05, 4.69) is 42.7 Å². The van der Waals surface area contributed by atoms with Crippen molar-refractivity contribution in [2.45, 2.75) is 73.8 Å². The molecule has 54 heavy (non-hydrogen) atoms. The predicted molar refractivity (Wildman–Crippen MR) is 202 cm³/mol. The molecule has 4 amide bonds. The Bertz CT molecular complexity index is 2290. The normalized spacial score (nSPS) is 21.3. The maximum atomic E-state index is 13.8. The number of rotatable bonds is 8. The molecule has 1 saturated carbocycles. The van der Waals surface area contributed by atoms with Crippen LogP contribution in [0, 0.1) is 0 Å². The van der Waals surface area contributed by atoms with E-state index < -0.39 is 21.5 Å². The van der Waals surface area contributed by atoms with Crippen LogP contribution in [0.3, 0.4) is 0 Å². The van der Waals surface area contributed by atoms with Gasteiger partial charge in [0.05, 0.1) is 15.8 Å². The average molecular weight is 753 g/mol. The van der Waals surface area contributed by atoms with Crippen LogP contribution >= 0.6 is 0 Å². The van der Waals surface area contributed by atoms with Crippen LogP contribution in [0.2, 0.25) is 0 Å². The number of anilines is 3. The van der Waals surface area contributed by atoms with E-state index in [1.165, 1.54) is 10.5 Å². The lowest BCUT2D eigenvalue weighted by Crippen LogP contribution is -2.49. The Hall–Kier alpha value is -4.93. The van der Waals surface area contributed by atoms with Gasteiger partial charge in [0.15, 0.2) is 5.82 Å². The number of imide groups is 1. The standard InChI is InChI=1S/C38H44N10O5S/c1-44-34-30(38(13-14-38)35(44)50)22-39-36(42-34)40-27-10-17-47(18-11-27)54(52,53)28-5-3-4-24(20-28)23-46-15-8-25(9-16-46)26-6-7-29-31(21-26)45(2)43-33(29)48-19-12-32(49)41-37(48)51/h3-7,20-22,25,27H,8-19,23H2,1-2H3,(H,39,40,42)(H,41,49,51). The molecular weight excluding hydrogens is 709 g/mol. The zero-order valence-corrected chi connectivity index (χ0v) is 31.3. The molecule has 0 radical (unpaired) electrons. The fraction of sp³-hybridized carbons (Fsp3) is 0.474. The van der Waals surface area contributed by atoms with Crippen LogP contribution in [0.25, 0.3) is 10.9 Å². The summed E-state index contributed by atoms with van der Waals surface area (Å²) in [4.78, 5) is 51.9. The Morgan fingerprint density at radius 3 is 2.44 bits per heavy atom. The second kappa shape index (κ2) is 13.1. The summed E-state index contributed by atoms with van der Waals surface area (Å²) in [7, 11) is -0.0261. The van der Waals surface area contributed by atoms with Crippen LogP contribution in [0.5, 0.6) is 0 Å². The van der Waals surface area contributed by atoms with Crippen LogP contribution in [0.4, 0.5) is 22.4 Å². The third kappa shape index (κ3) is 6.00. The number of nitrogens with zero attached hydrogens (tertiary/aromatic N) is 8. The number of carbonyl (C=O) groups is 3. The van der Waals surface area contributed by atoms with E-state index in [-0.39, 0.29) is 24.3 Å². The molecule has 0 bridgehead atoms. The molecule has 16 heteroatoms. The van der Waals surface area contributed by atoms with Crippen LogP contribution in [-0.4, -0.2) is 101 Å². The van der Waals surface area contributed by atoms with Gasteiger partial charge in [0.1, 0.15) is 5.82 Å². The second-order valence-corrected chi connectivity index (χ2v) is 17.3. The second-order valence-electron chi connectivity index (χ2n) is 15.4. The Kier molecular flexibility index (Phi) is 8.46. The number of fused-ring (bicyclic) bond motifs is 3. The van der Waals surface area contributed by atoms with Crippen molar-refractivity contribution in [3.8, 4) is 0 Å². The number of sulfonamides is 1. The number of benzene rings is 2.